The summed E-state index contributed by atoms with van der Waals surface area (Å²) in [6, 6.07) is 13.2. The summed E-state index contributed by atoms with van der Waals surface area (Å²) in [6.45, 7) is 1.17. The first-order chi connectivity index (χ1) is 15.0. The van der Waals surface area contributed by atoms with Crippen LogP contribution in [0.4, 0.5) is 5.69 Å². The number of nitrogens with zero attached hydrogens (tertiary/aromatic N) is 4. The van der Waals surface area contributed by atoms with Crippen molar-refractivity contribution in [3.63, 3.8) is 0 Å². The minimum absolute atomic E-state index is 0.0198. The number of ether oxygens (including phenoxy) is 2. The van der Waals surface area contributed by atoms with E-state index >= 15 is 0 Å². The number of carbonyl (C=O) groups excluding carboxylic acids is 1. The Kier molecular flexibility index (Phi) is 5.79. The number of hydrogen-bond donors (Lipinski definition) is 0. The van der Waals surface area contributed by atoms with Crippen molar-refractivity contribution in [2.45, 2.75) is 12.3 Å². The molecule has 0 radical (unpaired) electrons. The zero-order valence-corrected chi connectivity index (χ0v) is 18.2. The van der Waals surface area contributed by atoms with E-state index in [2.05, 4.69) is 10.2 Å². The fourth-order valence-corrected chi connectivity index (χ4v) is 3.72. The van der Waals surface area contributed by atoms with E-state index in [9.17, 15) is 4.79 Å². The Morgan fingerprint density at radius 3 is 2.48 bits per heavy atom. The number of hydrogen-bond acceptors (Lipinski definition) is 7. The third-order valence-corrected chi connectivity index (χ3v) is 5.53. The third-order valence-electron chi connectivity index (χ3n) is 5.53. The Balaban J connectivity index is 1.45. The van der Waals surface area contributed by atoms with Crippen molar-refractivity contribution >= 4 is 11.6 Å². The van der Waals surface area contributed by atoms with Crippen LogP contribution < -0.4 is 14.4 Å². The summed E-state index contributed by atoms with van der Waals surface area (Å²) in [5.74, 6) is 2.15. The topological polar surface area (TPSA) is 80.9 Å². The van der Waals surface area contributed by atoms with E-state index in [4.69, 9.17) is 13.9 Å². The Morgan fingerprint density at radius 2 is 1.81 bits per heavy atom. The molecule has 31 heavy (non-hydrogen) atoms. The van der Waals surface area contributed by atoms with Crippen LogP contribution in [0.1, 0.15) is 28.6 Å². The molecule has 1 atom stereocenters. The molecule has 1 aliphatic rings. The number of aromatic nitrogens is 2. The number of anilines is 1. The van der Waals surface area contributed by atoms with Crippen LogP contribution in [0.25, 0.3) is 11.5 Å². The lowest BCUT2D eigenvalue weighted by Gasteiger charge is -2.17. The highest BCUT2D eigenvalue weighted by atomic mass is 16.5. The van der Waals surface area contributed by atoms with Crippen LogP contribution >= 0.6 is 0 Å². The molecule has 2 aromatic carbocycles. The van der Waals surface area contributed by atoms with E-state index in [1.54, 1.807) is 32.4 Å². The molecule has 8 nitrogen and oxygen atoms in total. The molecule has 0 aliphatic carbocycles. The molecule has 4 rings (SSSR count). The average Bonchev–Trinajstić information content (AvgIpc) is 3.48. The molecule has 1 aromatic heterocycles. The summed E-state index contributed by atoms with van der Waals surface area (Å²) in [6.07, 6.45) is 0.778. The monoisotopic (exact) mass is 422 g/mol. The Hall–Kier alpha value is -3.55. The maximum absolute atomic E-state index is 13.0. The van der Waals surface area contributed by atoms with Crippen LogP contribution in [0, 0.1) is 0 Å². The summed E-state index contributed by atoms with van der Waals surface area (Å²) < 4.78 is 16.5. The molecular formula is C23H26N4O4. The SMILES string of the molecule is COc1ccc(C(=O)N2CC[C@H](c3nnc(-c4ccc(N(C)C)cc4)o3)C2)cc1OC. The maximum atomic E-state index is 13.0. The summed E-state index contributed by atoms with van der Waals surface area (Å²) in [4.78, 5) is 16.8. The van der Waals surface area contributed by atoms with E-state index in [1.165, 1.54) is 0 Å². The van der Waals surface area contributed by atoms with Crippen molar-refractivity contribution in [2.24, 2.45) is 0 Å². The molecular weight excluding hydrogens is 396 g/mol. The number of likely N-dealkylation sites (tertiary alicyclic amines) is 1. The second-order valence-electron chi connectivity index (χ2n) is 7.69. The van der Waals surface area contributed by atoms with Gasteiger partial charge in [0.1, 0.15) is 0 Å². The molecule has 1 aliphatic heterocycles. The van der Waals surface area contributed by atoms with Crippen molar-refractivity contribution in [2.75, 3.05) is 46.3 Å². The van der Waals surface area contributed by atoms with Gasteiger partial charge in [0, 0.05) is 44.0 Å². The lowest BCUT2D eigenvalue weighted by atomic mass is 10.1. The predicted molar refractivity (Wildman–Crippen MR) is 117 cm³/mol. The molecule has 0 saturated carbocycles. The molecule has 8 heteroatoms. The van der Waals surface area contributed by atoms with Gasteiger partial charge in [0.2, 0.25) is 11.8 Å². The average molecular weight is 422 g/mol. The van der Waals surface area contributed by atoms with Crippen LogP contribution in [-0.4, -0.2) is 62.4 Å². The molecule has 0 spiro atoms. The van der Waals surface area contributed by atoms with Crippen LogP contribution in [-0.2, 0) is 0 Å². The minimum Gasteiger partial charge on any atom is -0.493 e. The predicted octanol–water partition coefficient (Wildman–Crippen LogP) is 3.45. The molecule has 1 fully saturated rings. The van der Waals surface area contributed by atoms with Gasteiger partial charge < -0.3 is 23.7 Å². The molecule has 0 unspecified atom stereocenters. The number of methoxy groups -OCH3 is 2. The Morgan fingerprint density at radius 1 is 1.06 bits per heavy atom. The Labute approximate surface area is 181 Å². The number of amides is 1. The summed E-state index contributed by atoms with van der Waals surface area (Å²) >= 11 is 0. The van der Waals surface area contributed by atoms with Crippen molar-refractivity contribution < 1.29 is 18.7 Å². The fourth-order valence-electron chi connectivity index (χ4n) is 3.72. The number of rotatable bonds is 6. The van der Waals surface area contributed by atoms with Crippen LogP contribution in [0.15, 0.2) is 46.9 Å². The van der Waals surface area contributed by atoms with Crippen molar-refractivity contribution in [1.82, 2.24) is 15.1 Å². The van der Waals surface area contributed by atoms with E-state index in [0.29, 0.717) is 41.9 Å². The zero-order chi connectivity index (χ0) is 22.0. The lowest BCUT2D eigenvalue weighted by Crippen LogP contribution is -2.28. The van der Waals surface area contributed by atoms with Gasteiger partial charge in [-0.15, -0.1) is 10.2 Å². The minimum atomic E-state index is -0.0533. The van der Waals surface area contributed by atoms with E-state index in [-0.39, 0.29) is 11.8 Å². The first-order valence-corrected chi connectivity index (χ1v) is 10.1. The van der Waals surface area contributed by atoms with Gasteiger partial charge in [-0.3, -0.25) is 4.79 Å². The second-order valence-corrected chi connectivity index (χ2v) is 7.69. The van der Waals surface area contributed by atoms with Crippen LogP contribution in [0.3, 0.4) is 0 Å². The van der Waals surface area contributed by atoms with Crippen molar-refractivity contribution in [3.8, 4) is 23.0 Å². The van der Waals surface area contributed by atoms with Gasteiger partial charge in [-0.1, -0.05) is 0 Å². The van der Waals surface area contributed by atoms with Gasteiger partial charge in [0.25, 0.3) is 5.91 Å². The molecule has 1 amide bonds. The smallest absolute Gasteiger partial charge is 0.254 e. The first kappa shape index (κ1) is 20.7. The number of carbonyl (C=O) groups is 1. The first-order valence-electron chi connectivity index (χ1n) is 10.1. The molecule has 0 bridgehead atoms. The third kappa shape index (κ3) is 4.19. The van der Waals surface area contributed by atoms with Crippen molar-refractivity contribution in [1.29, 1.82) is 0 Å². The van der Waals surface area contributed by atoms with E-state index in [1.807, 2.05) is 48.2 Å². The molecule has 3 aromatic rings. The highest BCUT2D eigenvalue weighted by molar-refractivity contribution is 5.95. The Bertz CT molecular complexity index is 1060. The van der Waals surface area contributed by atoms with Gasteiger partial charge in [0.05, 0.1) is 20.1 Å². The van der Waals surface area contributed by atoms with Crippen molar-refractivity contribution in [3.05, 3.63) is 53.9 Å². The van der Waals surface area contributed by atoms with Gasteiger partial charge in [-0.05, 0) is 48.9 Å². The lowest BCUT2D eigenvalue weighted by molar-refractivity contribution is 0.0789. The summed E-state index contributed by atoms with van der Waals surface area (Å²) in [5, 5.41) is 8.46. The van der Waals surface area contributed by atoms with E-state index in [0.717, 1.165) is 17.7 Å². The fraction of sp³-hybridized carbons (Fsp3) is 0.348. The zero-order valence-electron chi connectivity index (χ0n) is 18.2. The normalized spacial score (nSPS) is 15.7. The van der Waals surface area contributed by atoms with Crippen LogP contribution in [0.5, 0.6) is 11.5 Å². The summed E-state index contributed by atoms with van der Waals surface area (Å²) in [5.41, 5.74) is 2.54. The molecule has 2 heterocycles. The second kappa shape index (κ2) is 8.67. The number of benzene rings is 2. The quantitative estimate of drug-likeness (QED) is 0.602. The molecule has 0 N–H and O–H groups in total. The molecule has 162 valence electrons. The van der Waals surface area contributed by atoms with Gasteiger partial charge >= 0.3 is 0 Å². The molecule has 1 saturated heterocycles. The maximum Gasteiger partial charge on any atom is 0.254 e. The highest BCUT2D eigenvalue weighted by Gasteiger charge is 2.32. The van der Waals surface area contributed by atoms with Gasteiger partial charge in [-0.25, -0.2) is 0 Å². The van der Waals surface area contributed by atoms with Gasteiger partial charge in [0.15, 0.2) is 11.5 Å². The highest BCUT2D eigenvalue weighted by Crippen LogP contribution is 2.32. The van der Waals surface area contributed by atoms with E-state index < -0.39 is 0 Å². The standard InChI is InChI=1S/C23H26N4O4/c1-26(2)18-8-5-15(6-9-18)21-24-25-22(31-21)17-11-12-27(14-17)23(28)16-7-10-19(29-3)20(13-16)30-4/h5-10,13,17H,11-12,14H2,1-4H3/t17-/m0/s1. The summed E-state index contributed by atoms with van der Waals surface area (Å²) in [7, 11) is 7.11. The van der Waals surface area contributed by atoms with Gasteiger partial charge in [-0.2, -0.15) is 0 Å². The van der Waals surface area contributed by atoms with Crippen LogP contribution in [0.2, 0.25) is 0 Å². The largest absolute Gasteiger partial charge is 0.493 e.